The molecule has 1 heterocycles. The maximum atomic E-state index is 14.8. The maximum absolute atomic E-state index is 14.8. The molecule has 38 heavy (non-hydrogen) atoms. The molecular formula is C31H25FO5S. The normalized spacial score (nSPS) is 20.6. The third kappa shape index (κ3) is 5.79. The van der Waals surface area contributed by atoms with Gasteiger partial charge in [-0.3, -0.25) is 0 Å². The van der Waals surface area contributed by atoms with Crippen LogP contribution in [0.3, 0.4) is 0 Å². The molecule has 0 amide bonds. The zero-order valence-corrected chi connectivity index (χ0v) is 21.1. The Kier molecular flexibility index (Phi) is 7.86. The number of carbonyl (C=O) groups excluding carboxylic acids is 2. The number of ether oxygens (including phenoxy) is 2. The summed E-state index contributed by atoms with van der Waals surface area (Å²) in [4.78, 5) is 25.4. The van der Waals surface area contributed by atoms with Crippen LogP contribution >= 0.6 is 11.8 Å². The van der Waals surface area contributed by atoms with Crippen LogP contribution in [0.1, 0.15) is 20.7 Å². The lowest BCUT2D eigenvalue weighted by Gasteiger charge is -2.20. The minimum atomic E-state index is -1.80. The second-order valence-corrected chi connectivity index (χ2v) is 10.2. The molecule has 1 fully saturated rings. The summed E-state index contributed by atoms with van der Waals surface area (Å²) in [7, 11) is 0. The smallest absolute Gasteiger partial charge is 0.338 e. The van der Waals surface area contributed by atoms with Crippen molar-refractivity contribution in [1.29, 1.82) is 0 Å². The van der Waals surface area contributed by atoms with E-state index < -0.39 is 34.9 Å². The first-order valence-electron chi connectivity index (χ1n) is 12.2. The standard InChI is InChI=1S/C31H25FO5S/c32-27-28(37-30(34)25-17-13-23(14-18-25)21-9-5-2-6-10-21)26(38-31(27)35)19-36-29(33)24-15-11-22(12-16-24)20-7-3-1-4-8-20/h1-18,26-28,31,35H,19H2/t26-,27-,28+,31?/m0/s1. The minimum Gasteiger partial charge on any atom is -0.461 e. The summed E-state index contributed by atoms with van der Waals surface area (Å²) in [6.07, 6.45) is -3.06. The fourth-order valence-electron chi connectivity index (χ4n) is 4.27. The Morgan fingerprint density at radius 2 is 1.13 bits per heavy atom. The second-order valence-electron chi connectivity index (χ2n) is 8.86. The maximum Gasteiger partial charge on any atom is 0.338 e. The van der Waals surface area contributed by atoms with E-state index in [4.69, 9.17) is 9.47 Å². The molecule has 4 atom stereocenters. The van der Waals surface area contributed by atoms with E-state index in [1.807, 2.05) is 72.8 Å². The van der Waals surface area contributed by atoms with Crippen LogP contribution in [0.4, 0.5) is 4.39 Å². The van der Waals surface area contributed by atoms with E-state index in [1.54, 1.807) is 36.4 Å². The number of halogens is 1. The molecule has 1 N–H and O–H groups in total. The molecule has 0 aromatic heterocycles. The van der Waals surface area contributed by atoms with Crippen molar-refractivity contribution >= 4 is 23.7 Å². The number of thioether (sulfide) groups is 1. The molecule has 7 heteroatoms. The molecule has 1 unspecified atom stereocenters. The van der Waals surface area contributed by atoms with Gasteiger partial charge in [-0.1, -0.05) is 84.9 Å². The van der Waals surface area contributed by atoms with Crippen LogP contribution in [0.2, 0.25) is 0 Å². The minimum absolute atomic E-state index is 0.216. The Labute approximate surface area is 224 Å². The summed E-state index contributed by atoms with van der Waals surface area (Å²) in [6, 6.07) is 33.2. The zero-order valence-electron chi connectivity index (χ0n) is 20.3. The topological polar surface area (TPSA) is 72.8 Å². The zero-order chi connectivity index (χ0) is 26.5. The molecule has 4 aromatic carbocycles. The van der Waals surface area contributed by atoms with Crippen molar-refractivity contribution in [2.24, 2.45) is 0 Å². The summed E-state index contributed by atoms with van der Waals surface area (Å²) in [5.41, 5.74) is 3.14. The average Bonchev–Trinajstić information content (AvgIpc) is 3.24. The van der Waals surface area contributed by atoms with Crippen molar-refractivity contribution in [2.45, 2.75) is 23.0 Å². The Morgan fingerprint density at radius 1 is 0.684 bits per heavy atom. The largest absolute Gasteiger partial charge is 0.461 e. The van der Waals surface area contributed by atoms with Crippen LogP contribution in [-0.2, 0) is 9.47 Å². The van der Waals surface area contributed by atoms with Gasteiger partial charge in [0.2, 0.25) is 0 Å². The molecule has 1 saturated heterocycles. The van der Waals surface area contributed by atoms with Gasteiger partial charge in [-0.15, -0.1) is 11.8 Å². The number of rotatable bonds is 7. The number of benzene rings is 4. The van der Waals surface area contributed by atoms with Gasteiger partial charge in [-0.05, 0) is 46.5 Å². The monoisotopic (exact) mass is 528 g/mol. The van der Waals surface area contributed by atoms with E-state index in [9.17, 15) is 19.1 Å². The third-order valence-electron chi connectivity index (χ3n) is 6.34. The molecule has 5 nitrogen and oxygen atoms in total. The summed E-state index contributed by atoms with van der Waals surface area (Å²) in [6.45, 7) is -0.216. The van der Waals surface area contributed by atoms with Gasteiger partial charge >= 0.3 is 11.9 Å². The van der Waals surface area contributed by atoms with Crippen molar-refractivity contribution in [3.8, 4) is 22.3 Å². The van der Waals surface area contributed by atoms with Gasteiger partial charge in [-0.25, -0.2) is 14.0 Å². The number of hydrogen-bond donors (Lipinski definition) is 1. The predicted molar refractivity (Wildman–Crippen MR) is 146 cm³/mol. The van der Waals surface area contributed by atoms with Gasteiger partial charge < -0.3 is 14.6 Å². The molecule has 1 aliphatic heterocycles. The number of hydrogen-bond acceptors (Lipinski definition) is 6. The van der Waals surface area contributed by atoms with Crippen LogP contribution in [0.15, 0.2) is 109 Å². The van der Waals surface area contributed by atoms with E-state index in [0.29, 0.717) is 5.56 Å². The quantitative estimate of drug-likeness (QED) is 0.289. The number of aliphatic hydroxyl groups is 1. The van der Waals surface area contributed by atoms with Gasteiger partial charge in [-0.2, -0.15) is 0 Å². The van der Waals surface area contributed by atoms with Gasteiger partial charge in [0.1, 0.15) is 12.0 Å². The highest BCUT2D eigenvalue weighted by Gasteiger charge is 2.47. The lowest BCUT2D eigenvalue weighted by molar-refractivity contribution is -0.0112. The SMILES string of the molecule is O=C(OC[C@@H]1SC(O)[C@@H](F)[C@@H]1OC(=O)c1ccc(-c2ccccc2)cc1)c1ccc(-c2ccccc2)cc1. The van der Waals surface area contributed by atoms with E-state index in [-0.39, 0.29) is 12.2 Å². The molecule has 192 valence electrons. The van der Waals surface area contributed by atoms with Crippen LogP contribution in [0.5, 0.6) is 0 Å². The molecule has 0 aliphatic carbocycles. The first-order chi connectivity index (χ1) is 18.5. The van der Waals surface area contributed by atoms with Crippen molar-refractivity contribution < 1.29 is 28.6 Å². The Hall–Kier alpha value is -3.94. The highest BCUT2D eigenvalue weighted by Crippen LogP contribution is 2.37. The van der Waals surface area contributed by atoms with Gasteiger partial charge in [0.15, 0.2) is 12.3 Å². The van der Waals surface area contributed by atoms with Crippen molar-refractivity contribution in [1.82, 2.24) is 0 Å². The van der Waals surface area contributed by atoms with E-state index in [1.165, 1.54) is 0 Å². The number of aliphatic hydroxyl groups excluding tert-OH is 1. The highest BCUT2D eigenvalue weighted by molar-refractivity contribution is 8.00. The number of carbonyl (C=O) groups is 2. The van der Waals surface area contributed by atoms with Gasteiger partial charge in [0, 0.05) is 0 Å². The highest BCUT2D eigenvalue weighted by atomic mass is 32.2. The Bertz CT molecular complexity index is 1380. The Morgan fingerprint density at radius 3 is 1.63 bits per heavy atom. The van der Waals surface area contributed by atoms with Gasteiger partial charge in [0.05, 0.1) is 16.4 Å². The van der Waals surface area contributed by atoms with Crippen molar-refractivity contribution in [3.05, 3.63) is 120 Å². The molecule has 0 radical (unpaired) electrons. The van der Waals surface area contributed by atoms with Crippen molar-refractivity contribution in [3.63, 3.8) is 0 Å². The van der Waals surface area contributed by atoms with E-state index >= 15 is 0 Å². The van der Waals surface area contributed by atoms with Crippen LogP contribution in [0.25, 0.3) is 22.3 Å². The first kappa shape index (κ1) is 25.7. The summed E-state index contributed by atoms with van der Waals surface area (Å²) >= 11 is 0.882. The summed E-state index contributed by atoms with van der Waals surface area (Å²) in [5, 5.41) is 9.31. The summed E-state index contributed by atoms with van der Waals surface area (Å²) in [5.74, 6) is -1.29. The second kappa shape index (κ2) is 11.6. The van der Waals surface area contributed by atoms with E-state index in [0.717, 1.165) is 34.0 Å². The van der Waals surface area contributed by atoms with Crippen LogP contribution in [-0.4, -0.2) is 46.6 Å². The molecule has 5 rings (SSSR count). The molecular weight excluding hydrogens is 503 g/mol. The average molecular weight is 529 g/mol. The lowest BCUT2D eigenvalue weighted by atomic mass is 10.0. The van der Waals surface area contributed by atoms with E-state index in [2.05, 4.69) is 0 Å². The molecule has 1 aliphatic rings. The van der Waals surface area contributed by atoms with Crippen LogP contribution < -0.4 is 0 Å². The molecule has 4 aromatic rings. The number of esters is 2. The number of alkyl halides is 1. The summed E-state index contributed by atoms with van der Waals surface area (Å²) < 4.78 is 25.6. The predicted octanol–water partition coefficient (Wildman–Crippen LogP) is 6.17. The molecule has 0 spiro atoms. The fraction of sp³-hybridized carbons (Fsp3) is 0.161. The first-order valence-corrected chi connectivity index (χ1v) is 13.1. The lowest BCUT2D eigenvalue weighted by Crippen LogP contribution is -2.36. The van der Waals surface area contributed by atoms with Gasteiger partial charge in [0.25, 0.3) is 0 Å². The third-order valence-corrected chi connectivity index (χ3v) is 7.64. The van der Waals surface area contributed by atoms with Crippen molar-refractivity contribution in [2.75, 3.05) is 6.61 Å². The molecule has 0 saturated carbocycles. The van der Waals surface area contributed by atoms with Crippen LogP contribution in [0, 0.1) is 0 Å². The fourth-order valence-corrected chi connectivity index (χ4v) is 5.44. The Balaban J connectivity index is 1.20. The molecule has 0 bridgehead atoms.